The zero-order valence-corrected chi connectivity index (χ0v) is 15.7. The minimum atomic E-state index is -3.89. The van der Waals surface area contributed by atoms with Gasteiger partial charge in [-0.2, -0.15) is 16.1 Å². The van der Waals surface area contributed by atoms with E-state index < -0.39 is 21.8 Å². The number of sulfonamides is 1. The molecule has 0 aromatic carbocycles. The number of aromatic carboxylic acids is 1. The molecule has 1 aliphatic rings. The van der Waals surface area contributed by atoms with Crippen LogP contribution in [0.2, 0.25) is 0 Å². The molecule has 2 heterocycles. The third-order valence-electron chi connectivity index (χ3n) is 4.02. The molecule has 0 saturated carbocycles. The number of nitrogens with zero attached hydrogens (tertiary/aromatic N) is 1. The molecule has 140 valence electrons. The van der Waals surface area contributed by atoms with E-state index in [-0.39, 0.29) is 36.0 Å². The van der Waals surface area contributed by atoms with Gasteiger partial charge in [0.25, 0.3) is 10.0 Å². The van der Waals surface area contributed by atoms with Crippen LogP contribution in [0, 0.1) is 5.92 Å². The Morgan fingerprint density at radius 3 is 2.56 bits per heavy atom. The van der Waals surface area contributed by atoms with Crippen molar-refractivity contribution in [1.29, 1.82) is 0 Å². The number of amides is 1. The van der Waals surface area contributed by atoms with E-state index in [1.807, 2.05) is 13.2 Å². The topological polar surface area (TPSA) is 117 Å². The van der Waals surface area contributed by atoms with Crippen molar-refractivity contribution in [3.8, 4) is 0 Å². The zero-order chi connectivity index (χ0) is 18.6. The van der Waals surface area contributed by atoms with Crippen molar-refractivity contribution < 1.29 is 27.5 Å². The van der Waals surface area contributed by atoms with Crippen molar-refractivity contribution in [1.82, 2.24) is 9.62 Å². The molecular weight excluding hydrogens is 368 g/mol. The number of thioether (sulfide) groups is 1. The number of hydrogen-bond donors (Lipinski definition) is 2. The summed E-state index contributed by atoms with van der Waals surface area (Å²) in [6, 6.07) is 2.33. The van der Waals surface area contributed by atoms with Crippen molar-refractivity contribution in [3.63, 3.8) is 0 Å². The first-order chi connectivity index (χ1) is 11.8. The van der Waals surface area contributed by atoms with Crippen LogP contribution in [-0.2, 0) is 14.8 Å². The Labute approximate surface area is 151 Å². The number of furan rings is 1. The average Bonchev–Trinajstić information content (AvgIpc) is 3.06. The molecule has 1 atom stereocenters. The lowest BCUT2D eigenvalue weighted by molar-refractivity contribution is -0.126. The fourth-order valence-corrected chi connectivity index (χ4v) is 4.68. The highest BCUT2D eigenvalue weighted by molar-refractivity contribution is 7.98. The second kappa shape index (κ2) is 8.24. The van der Waals surface area contributed by atoms with E-state index in [0.29, 0.717) is 12.8 Å². The van der Waals surface area contributed by atoms with Gasteiger partial charge in [-0.25, -0.2) is 13.2 Å². The summed E-state index contributed by atoms with van der Waals surface area (Å²) in [5.41, 5.74) is 0. The van der Waals surface area contributed by atoms with Crippen LogP contribution in [0.5, 0.6) is 0 Å². The van der Waals surface area contributed by atoms with Gasteiger partial charge < -0.3 is 14.8 Å². The second-order valence-corrected chi connectivity index (χ2v) is 8.75. The quantitative estimate of drug-likeness (QED) is 0.719. The van der Waals surface area contributed by atoms with Crippen LogP contribution in [-0.4, -0.2) is 60.8 Å². The molecule has 1 saturated heterocycles. The first-order valence-corrected chi connectivity index (χ1v) is 10.7. The van der Waals surface area contributed by atoms with Crippen LogP contribution < -0.4 is 5.32 Å². The summed E-state index contributed by atoms with van der Waals surface area (Å²) in [4.78, 5) is 23.0. The SMILES string of the molecule is CSCC(C)NC(=O)C1CCN(S(=O)(=O)c2ccc(C(=O)O)o2)CC1. The Hall–Kier alpha value is -1.52. The van der Waals surface area contributed by atoms with Crippen molar-refractivity contribution in [2.45, 2.75) is 30.9 Å². The van der Waals surface area contributed by atoms with Gasteiger partial charge in [-0.1, -0.05) is 0 Å². The Morgan fingerprint density at radius 1 is 1.40 bits per heavy atom. The van der Waals surface area contributed by atoms with Crippen molar-refractivity contribution in [2.75, 3.05) is 25.1 Å². The Balaban J connectivity index is 1.96. The lowest BCUT2D eigenvalue weighted by Crippen LogP contribution is -2.45. The second-order valence-electron chi connectivity index (χ2n) is 5.97. The molecule has 1 amide bonds. The number of piperidine rings is 1. The molecule has 1 aromatic rings. The summed E-state index contributed by atoms with van der Waals surface area (Å²) < 4.78 is 31.1. The van der Waals surface area contributed by atoms with Gasteiger partial charge >= 0.3 is 5.97 Å². The maximum Gasteiger partial charge on any atom is 0.371 e. The molecule has 0 aliphatic carbocycles. The van der Waals surface area contributed by atoms with Gasteiger partial charge in [-0.15, -0.1) is 0 Å². The van der Waals surface area contributed by atoms with Crippen LogP contribution in [0.25, 0.3) is 0 Å². The number of carbonyl (C=O) groups is 2. The first-order valence-electron chi connectivity index (χ1n) is 7.88. The van der Waals surface area contributed by atoms with E-state index in [1.165, 1.54) is 4.31 Å². The molecule has 25 heavy (non-hydrogen) atoms. The predicted molar refractivity (Wildman–Crippen MR) is 93.1 cm³/mol. The van der Waals surface area contributed by atoms with Gasteiger partial charge in [0.1, 0.15) is 0 Å². The lowest BCUT2D eigenvalue weighted by atomic mass is 9.97. The Bertz CT molecular complexity index is 722. The van der Waals surface area contributed by atoms with Gasteiger partial charge in [0.05, 0.1) is 0 Å². The van der Waals surface area contributed by atoms with Crippen molar-refractivity contribution >= 4 is 33.7 Å². The van der Waals surface area contributed by atoms with Gasteiger partial charge in [0, 0.05) is 30.8 Å². The van der Waals surface area contributed by atoms with E-state index in [1.54, 1.807) is 11.8 Å². The summed E-state index contributed by atoms with van der Waals surface area (Å²) in [7, 11) is -3.89. The Morgan fingerprint density at radius 2 is 2.04 bits per heavy atom. The molecule has 0 radical (unpaired) electrons. The first kappa shape index (κ1) is 19.8. The molecule has 1 unspecified atom stereocenters. The van der Waals surface area contributed by atoms with Gasteiger partial charge in [0.15, 0.2) is 0 Å². The summed E-state index contributed by atoms with van der Waals surface area (Å²) in [6.07, 6.45) is 2.81. The highest BCUT2D eigenvalue weighted by Crippen LogP contribution is 2.25. The number of rotatable bonds is 7. The smallest absolute Gasteiger partial charge is 0.371 e. The molecular formula is C15H22N2O6S2. The lowest BCUT2D eigenvalue weighted by Gasteiger charge is -2.30. The van der Waals surface area contributed by atoms with Crippen molar-refractivity contribution in [3.05, 3.63) is 17.9 Å². The number of nitrogens with one attached hydrogen (secondary N) is 1. The largest absolute Gasteiger partial charge is 0.475 e. The monoisotopic (exact) mass is 390 g/mol. The maximum absolute atomic E-state index is 12.5. The highest BCUT2D eigenvalue weighted by Gasteiger charge is 2.34. The molecule has 0 spiro atoms. The zero-order valence-electron chi connectivity index (χ0n) is 14.1. The number of hydrogen-bond acceptors (Lipinski definition) is 6. The maximum atomic E-state index is 12.5. The summed E-state index contributed by atoms with van der Waals surface area (Å²) in [5.74, 6) is -1.19. The van der Waals surface area contributed by atoms with Gasteiger partial charge in [0.2, 0.25) is 16.8 Å². The minimum Gasteiger partial charge on any atom is -0.475 e. The van der Waals surface area contributed by atoms with E-state index in [2.05, 4.69) is 5.32 Å². The molecule has 1 aliphatic heterocycles. The fraction of sp³-hybridized carbons (Fsp3) is 0.600. The van der Waals surface area contributed by atoms with Crippen LogP contribution >= 0.6 is 11.8 Å². The van der Waals surface area contributed by atoms with Crippen LogP contribution in [0.15, 0.2) is 21.6 Å². The van der Waals surface area contributed by atoms with E-state index in [0.717, 1.165) is 17.9 Å². The molecule has 1 aromatic heterocycles. The van der Waals surface area contributed by atoms with Crippen molar-refractivity contribution in [2.24, 2.45) is 5.92 Å². The summed E-state index contributed by atoms with van der Waals surface area (Å²) >= 11 is 1.65. The molecule has 2 rings (SSSR count). The third-order valence-corrected chi connectivity index (χ3v) is 6.62. The Kier molecular flexibility index (Phi) is 6.53. The molecule has 8 nitrogen and oxygen atoms in total. The fourth-order valence-electron chi connectivity index (χ4n) is 2.71. The van der Waals surface area contributed by atoms with Crippen LogP contribution in [0.1, 0.15) is 30.3 Å². The van der Waals surface area contributed by atoms with E-state index in [4.69, 9.17) is 9.52 Å². The third kappa shape index (κ3) is 4.77. The molecule has 2 N–H and O–H groups in total. The average molecular weight is 390 g/mol. The molecule has 1 fully saturated rings. The van der Waals surface area contributed by atoms with Crippen LogP contribution in [0.3, 0.4) is 0 Å². The highest BCUT2D eigenvalue weighted by atomic mass is 32.2. The standard InChI is InChI=1S/C15H22N2O6S2/c1-10(9-24-2)16-14(18)11-5-7-17(8-6-11)25(21,22)13-4-3-12(23-13)15(19)20/h3-4,10-11H,5-9H2,1-2H3,(H,16,18)(H,19,20). The van der Waals surface area contributed by atoms with Gasteiger partial charge in [-0.05, 0) is 38.2 Å². The predicted octanol–water partition coefficient (Wildman–Crippen LogP) is 1.25. The summed E-state index contributed by atoms with van der Waals surface area (Å²) in [6.45, 7) is 2.33. The molecule has 0 bridgehead atoms. The normalized spacial score (nSPS) is 18.0. The summed E-state index contributed by atoms with van der Waals surface area (Å²) in [5, 5.41) is 11.4. The van der Waals surface area contributed by atoms with E-state index >= 15 is 0 Å². The number of carbonyl (C=O) groups excluding carboxylic acids is 1. The number of carboxylic acid groups (broad SMARTS) is 1. The van der Waals surface area contributed by atoms with Crippen LogP contribution in [0.4, 0.5) is 0 Å². The number of carboxylic acids is 1. The molecule has 10 heteroatoms. The minimum absolute atomic E-state index is 0.0511. The van der Waals surface area contributed by atoms with E-state index in [9.17, 15) is 18.0 Å². The van der Waals surface area contributed by atoms with Gasteiger partial charge in [-0.3, -0.25) is 4.79 Å².